The van der Waals surface area contributed by atoms with Gasteiger partial charge in [0.05, 0.1) is 11.4 Å². The molecule has 0 amide bonds. The molecule has 122 valence electrons. The minimum atomic E-state index is -0.00876. The molecule has 5 heteroatoms. The number of hydrogen-bond donors (Lipinski definition) is 1. The van der Waals surface area contributed by atoms with Crippen LogP contribution < -0.4 is 5.43 Å². The number of aromatic nitrogens is 1. The number of nitrogens with zero attached hydrogens (tertiary/aromatic N) is 2. The molecule has 0 unspecified atom stereocenters. The summed E-state index contributed by atoms with van der Waals surface area (Å²) >= 11 is 5.90. The van der Waals surface area contributed by atoms with Crippen molar-refractivity contribution in [2.45, 2.75) is 13.3 Å². The predicted octanol–water partition coefficient (Wildman–Crippen LogP) is 3.79. The minimum absolute atomic E-state index is 0.00876. The van der Waals surface area contributed by atoms with Crippen LogP contribution in [0.25, 0.3) is 0 Å². The van der Waals surface area contributed by atoms with Gasteiger partial charge in [-0.1, -0.05) is 18.2 Å². The van der Waals surface area contributed by atoms with E-state index in [1.54, 1.807) is 24.3 Å². The van der Waals surface area contributed by atoms with Crippen LogP contribution in [-0.2, 0) is 13.5 Å². The number of carbonyl (C=O) groups excluding carboxylic acids is 1. The Kier molecular flexibility index (Phi) is 4.40. The number of benzene rings is 1. The zero-order valence-corrected chi connectivity index (χ0v) is 14.4. The summed E-state index contributed by atoms with van der Waals surface area (Å²) in [5.41, 5.74) is 7.82. The normalized spacial score (nSPS) is 13.6. The van der Waals surface area contributed by atoms with E-state index in [4.69, 9.17) is 11.6 Å². The first-order chi connectivity index (χ1) is 11.5. The van der Waals surface area contributed by atoms with E-state index in [-0.39, 0.29) is 5.78 Å². The molecular formula is C19H18ClN3O. The van der Waals surface area contributed by atoms with E-state index in [2.05, 4.69) is 17.1 Å². The fraction of sp³-hybridized carbons (Fsp3) is 0.158. The Morgan fingerprint density at radius 1 is 1.29 bits per heavy atom. The summed E-state index contributed by atoms with van der Waals surface area (Å²) in [6.45, 7) is 5.74. The standard InChI is InChI=1S/C19H18ClN3O/c1-12-10-17(11-16-9-4-13(2)21-22-16)23(3)18(12)19(24)14-5-7-15(20)8-6-14/h4-10,21H,2,11H2,1,3H3. The van der Waals surface area contributed by atoms with Crippen LogP contribution in [0.2, 0.25) is 5.02 Å². The van der Waals surface area contributed by atoms with Crippen LogP contribution in [-0.4, -0.2) is 16.1 Å². The van der Waals surface area contributed by atoms with Crippen LogP contribution in [0, 0.1) is 6.92 Å². The fourth-order valence-corrected chi connectivity index (χ4v) is 2.89. The maximum atomic E-state index is 12.8. The van der Waals surface area contributed by atoms with Gasteiger partial charge >= 0.3 is 0 Å². The van der Waals surface area contributed by atoms with Gasteiger partial charge < -0.3 is 4.57 Å². The largest absolute Gasteiger partial charge is 0.344 e. The molecule has 1 aliphatic heterocycles. The molecule has 1 N–H and O–H groups in total. The van der Waals surface area contributed by atoms with Crippen molar-refractivity contribution in [3.05, 3.63) is 82.3 Å². The Morgan fingerprint density at radius 3 is 2.62 bits per heavy atom. The van der Waals surface area contributed by atoms with Crippen molar-refractivity contribution in [3.8, 4) is 0 Å². The first-order valence-electron chi connectivity index (χ1n) is 7.60. The SMILES string of the molecule is C=C1C=CC(Cc2cc(C)c(C(=O)c3ccc(Cl)cc3)n2C)=NN1. The molecule has 0 aliphatic carbocycles. The number of allylic oxidation sites excluding steroid dienone is 2. The Balaban J connectivity index is 1.89. The van der Waals surface area contributed by atoms with Gasteiger partial charge in [0.15, 0.2) is 0 Å². The number of rotatable bonds is 4. The summed E-state index contributed by atoms with van der Waals surface area (Å²) in [4.78, 5) is 12.8. The summed E-state index contributed by atoms with van der Waals surface area (Å²) in [5, 5.41) is 4.88. The molecule has 1 aromatic carbocycles. The second-order valence-corrected chi connectivity index (χ2v) is 6.25. The lowest BCUT2D eigenvalue weighted by Gasteiger charge is -2.11. The average Bonchev–Trinajstić information content (AvgIpc) is 2.83. The third kappa shape index (κ3) is 3.19. The molecule has 0 atom stereocenters. The highest BCUT2D eigenvalue weighted by Crippen LogP contribution is 2.20. The second kappa shape index (κ2) is 6.49. The predicted molar refractivity (Wildman–Crippen MR) is 97.6 cm³/mol. The van der Waals surface area contributed by atoms with E-state index in [0.29, 0.717) is 22.7 Å². The molecule has 1 aromatic heterocycles. The van der Waals surface area contributed by atoms with Crippen molar-refractivity contribution >= 4 is 23.1 Å². The van der Waals surface area contributed by atoms with E-state index in [1.807, 2.05) is 36.8 Å². The van der Waals surface area contributed by atoms with Crippen LogP contribution in [0.15, 0.2) is 59.9 Å². The maximum absolute atomic E-state index is 12.8. The van der Waals surface area contributed by atoms with Gasteiger partial charge in [-0.25, -0.2) is 0 Å². The maximum Gasteiger partial charge on any atom is 0.209 e. The zero-order chi connectivity index (χ0) is 17.3. The molecule has 3 rings (SSSR count). The van der Waals surface area contributed by atoms with Crippen molar-refractivity contribution in [1.29, 1.82) is 0 Å². The zero-order valence-electron chi connectivity index (χ0n) is 13.6. The van der Waals surface area contributed by atoms with Gasteiger partial charge in [0.1, 0.15) is 0 Å². The van der Waals surface area contributed by atoms with Crippen molar-refractivity contribution in [2.24, 2.45) is 12.1 Å². The molecule has 0 fully saturated rings. The van der Waals surface area contributed by atoms with Gasteiger partial charge in [-0.3, -0.25) is 10.2 Å². The number of ketones is 1. The molecule has 0 radical (unpaired) electrons. The minimum Gasteiger partial charge on any atom is -0.344 e. The third-order valence-corrected chi connectivity index (χ3v) is 4.28. The van der Waals surface area contributed by atoms with E-state index < -0.39 is 0 Å². The molecule has 0 bridgehead atoms. The summed E-state index contributed by atoms with van der Waals surface area (Å²) in [6.07, 6.45) is 4.46. The molecule has 2 heterocycles. The topological polar surface area (TPSA) is 46.4 Å². The van der Waals surface area contributed by atoms with Crippen LogP contribution in [0.1, 0.15) is 27.3 Å². The summed E-state index contributed by atoms with van der Waals surface area (Å²) in [5.74, 6) is -0.00876. The molecule has 0 saturated heterocycles. The Morgan fingerprint density at radius 2 is 2.00 bits per heavy atom. The highest BCUT2D eigenvalue weighted by atomic mass is 35.5. The monoisotopic (exact) mass is 339 g/mol. The van der Waals surface area contributed by atoms with Crippen molar-refractivity contribution in [2.75, 3.05) is 0 Å². The lowest BCUT2D eigenvalue weighted by Crippen LogP contribution is -2.16. The molecule has 0 saturated carbocycles. The number of hydrazone groups is 1. The molecule has 4 nitrogen and oxygen atoms in total. The summed E-state index contributed by atoms with van der Waals surface area (Å²) < 4.78 is 1.94. The van der Waals surface area contributed by atoms with Crippen molar-refractivity contribution < 1.29 is 4.79 Å². The van der Waals surface area contributed by atoms with Gasteiger partial charge in [-0.05, 0) is 55.0 Å². The van der Waals surface area contributed by atoms with Gasteiger partial charge in [-0.2, -0.15) is 5.10 Å². The fourth-order valence-electron chi connectivity index (χ4n) is 2.76. The van der Waals surface area contributed by atoms with Gasteiger partial charge in [0.2, 0.25) is 5.78 Å². The van der Waals surface area contributed by atoms with Crippen molar-refractivity contribution in [1.82, 2.24) is 9.99 Å². The number of carbonyl (C=O) groups is 1. The van der Waals surface area contributed by atoms with E-state index in [0.717, 1.165) is 22.7 Å². The third-order valence-electron chi connectivity index (χ3n) is 4.03. The molecule has 1 aliphatic rings. The first kappa shape index (κ1) is 16.3. The molecule has 0 spiro atoms. The van der Waals surface area contributed by atoms with Crippen LogP contribution in [0.5, 0.6) is 0 Å². The van der Waals surface area contributed by atoms with E-state index in [1.165, 1.54) is 0 Å². The first-order valence-corrected chi connectivity index (χ1v) is 7.98. The van der Waals surface area contributed by atoms with E-state index in [9.17, 15) is 4.79 Å². The van der Waals surface area contributed by atoms with Gasteiger partial charge in [0.25, 0.3) is 0 Å². The number of hydrogen-bond acceptors (Lipinski definition) is 3. The smallest absolute Gasteiger partial charge is 0.209 e. The molecule has 24 heavy (non-hydrogen) atoms. The van der Waals surface area contributed by atoms with Crippen molar-refractivity contribution in [3.63, 3.8) is 0 Å². The van der Waals surface area contributed by atoms with E-state index >= 15 is 0 Å². The number of halogens is 1. The Hall–Kier alpha value is -2.59. The highest BCUT2D eigenvalue weighted by molar-refractivity contribution is 6.30. The van der Waals surface area contributed by atoms with Crippen LogP contribution in [0.3, 0.4) is 0 Å². The summed E-state index contributed by atoms with van der Waals surface area (Å²) in [6, 6.07) is 8.99. The van der Waals surface area contributed by atoms with Gasteiger partial charge in [-0.15, -0.1) is 0 Å². The summed E-state index contributed by atoms with van der Waals surface area (Å²) in [7, 11) is 1.91. The van der Waals surface area contributed by atoms with Gasteiger partial charge in [0, 0.05) is 35.4 Å². The number of nitrogens with one attached hydrogen (secondary N) is 1. The molecular weight excluding hydrogens is 322 g/mol. The average molecular weight is 340 g/mol. The number of aryl methyl sites for hydroxylation is 1. The molecule has 2 aromatic rings. The Bertz CT molecular complexity index is 873. The lowest BCUT2D eigenvalue weighted by atomic mass is 10.1. The lowest BCUT2D eigenvalue weighted by molar-refractivity contribution is 0.103. The highest BCUT2D eigenvalue weighted by Gasteiger charge is 2.19. The quantitative estimate of drug-likeness (QED) is 0.861. The van der Waals surface area contributed by atoms with Crippen LogP contribution in [0.4, 0.5) is 0 Å². The second-order valence-electron chi connectivity index (χ2n) is 5.81. The Labute approximate surface area is 146 Å². The van der Waals surface area contributed by atoms with Crippen LogP contribution >= 0.6 is 11.6 Å².